The molecular weight excluding hydrogens is 114 g/mol. The van der Waals surface area contributed by atoms with Gasteiger partial charge in [-0.15, -0.1) is 0 Å². The molecule has 0 aromatic heterocycles. The van der Waals surface area contributed by atoms with Crippen LogP contribution in [-0.4, -0.2) is 19.2 Å². The van der Waals surface area contributed by atoms with E-state index in [-0.39, 0.29) is 0 Å². The molecule has 9 heavy (non-hydrogen) atoms. The van der Waals surface area contributed by atoms with Crippen LogP contribution in [0.3, 0.4) is 0 Å². The van der Waals surface area contributed by atoms with Gasteiger partial charge < -0.3 is 5.73 Å². The fourth-order valence-corrected chi connectivity index (χ4v) is 0.345. The van der Waals surface area contributed by atoms with Gasteiger partial charge in [-0.3, -0.25) is 4.99 Å². The number of hydrogen-bond donors (Lipinski definition) is 1. The van der Waals surface area contributed by atoms with Crippen LogP contribution in [0.5, 0.6) is 0 Å². The molecule has 0 aliphatic carbocycles. The number of nitrogens with zero attached hydrogens (tertiary/aromatic N) is 2. The van der Waals surface area contributed by atoms with E-state index >= 15 is 0 Å². The quantitative estimate of drug-likeness (QED) is 0.433. The SMILES string of the molecule is CCC/C=N\C(N)=N/C. The first-order chi connectivity index (χ1) is 4.31. The molecule has 0 aromatic carbocycles. The van der Waals surface area contributed by atoms with Crippen LogP contribution in [0.4, 0.5) is 0 Å². The summed E-state index contributed by atoms with van der Waals surface area (Å²) in [6, 6.07) is 0. The predicted molar refractivity (Wildman–Crippen MR) is 40.9 cm³/mol. The average molecular weight is 127 g/mol. The summed E-state index contributed by atoms with van der Waals surface area (Å²) < 4.78 is 0. The zero-order valence-corrected chi connectivity index (χ0v) is 5.96. The molecule has 52 valence electrons. The van der Waals surface area contributed by atoms with Crippen LogP contribution in [-0.2, 0) is 0 Å². The Hall–Kier alpha value is -0.860. The molecule has 0 radical (unpaired) electrons. The second-order valence-corrected chi connectivity index (χ2v) is 1.68. The zero-order chi connectivity index (χ0) is 7.11. The Bertz CT molecular complexity index is 115. The molecule has 3 nitrogen and oxygen atoms in total. The first kappa shape index (κ1) is 8.14. The summed E-state index contributed by atoms with van der Waals surface area (Å²) in [5.41, 5.74) is 5.27. The number of nitrogens with two attached hydrogens (primary N) is 1. The lowest BCUT2D eigenvalue weighted by atomic mass is 10.4. The van der Waals surface area contributed by atoms with Crippen LogP contribution in [0.25, 0.3) is 0 Å². The molecule has 0 saturated heterocycles. The summed E-state index contributed by atoms with van der Waals surface area (Å²) in [5, 5.41) is 0. The largest absolute Gasteiger partial charge is 0.368 e. The third-order valence-corrected chi connectivity index (χ3v) is 0.870. The Morgan fingerprint density at radius 3 is 2.78 bits per heavy atom. The van der Waals surface area contributed by atoms with Gasteiger partial charge in [0, 0.05) is 13.3 Å². The lowest BCUT2D eigenvalue weighted by Gasteiger charge is -1.86. The van der Waals surface area contributed by atoms with Crippen molar-refractivity contribution in [3.8, 4) is 0 Å². The third-order valence-electron chi connectivity index (χ3n) is 0.870. The summed E-state index contributed by atoms with van der Waals surface area (Å²) in [5.74, 6) is 0.350. The van der Waals surface area contributed by atoms with E-state index in [9.17, 15) is 0 Å². The van der Waals surface area contributed by atoms with Crippen molar-refractivity contribution in [3.63, 3.8) is 0 Å². The Morgan fingerprint density at radius 2 is 2.33 bits per heavy atom. The number of unbranched alkanes of at least 4 members (excludes halogenated alkanes) is 1. The van der Waals surface area contributed by atoms with Gasteiger partial charge in [0.2, 0.25) is 5.96 Å². The van der Waals surface area contributed by atoms with Crippen molar-refractivity contribution < 1.29 is 0 Å². The maximum absolute atomic E-state index is 5.27. The summed E-state index contributed by atoms with van der Waals surface area (Å²) in [6.45, 7) is 2.09. The van der Waals surface area contributed by atoms with Gasteiger partial charge in [-0.1, -0.05) is 13.3 Å². The molecule has 3 heteroatoms. The van der Waals surface area contributed by atoms with Gasteiger partial charge in [0.25, 0.3) is 0 Å². The van der Waals surface area contributed by atoms with Gasteiger partial charge >= 0.3 is 0 Å². The fourth-order valence-electron chi connectivity index (χ4n) is 0.345. The monoisotopic (exact) mass is 127 g/mol. The molecule has 2 N–H and O–H groups in total. The molecule has 0 aromatic rings. The van der Waals surface area contributed by atoms with Crippen LogP contribution in [0.15, 0.2) is 9.98 Å². The molecule has 0 fully saturated rings. The normalized spacial score (nSPS) is 12.9. The van der Waals surface area contributed by atoms with Crippen molar-refractivity contribution in [2.75, 3.05) is 7.05 Å². The lowest BCUT2D eigenvalue weighted by molar-refractivity contribution is 1.01. The highest BCUT2D eigenvalue weighted by Gasteiger charge is 1.78. The molecule has 0 rings (SSSR count). The van der Waals surface area contributed by atoms with E-state index in [4.69, 9.17) is 5.73 Å². The van der Waals surface area contributed by atoms with Crippen LogP contribution >= 0.6 is 0 Å². The van der Waals surface area contributed by atoms with E-state index in [2.05, 4.69) is 16.9 Å². The summed E-state index contributed by atoms with van der Waals surface area (Å²) in [4.78, 5) is 7.49. The lowest BCUT2D eigenvalue weighted by Crippen LogP contribution is -2.07. The maximum Gasteiger partial charge on any atom is 0.214 e. The molecule has 0 aliphatic heterocycles. The maximum atomic E-state index is 5.27. The number of hydrogen-bond acceptors (Lipinski definition) is 1. The second-order valence-electron chi connectivity index (χ2n) is 1.68. The highest BCUT2D eigenvalue weighted by atomic mass is 15.0. The molecule has 0 unspecified atom stereocenters. The fraction of sp³-hybridized carbons (Fsp3) is 0.667. The van der Waals surface area contributed by atoms with Gasteiger partial charge in [-0.05, 0) is 6.42 Å². The summed E-state index contributed by atoms with van der Waals surface area (Å²) >= 11 is 0. The predicted octanol–water partition coefficient (Wildman–Crippen LogP) is 0.802. The van der Waals surface area contributed by atoms with Crippen LogP contribution in [0.2, 0.25) is 0 Å². The van der Waals surface area contributed by atoms with E-state index in [0.717, 1.165) is 12.8 Å². The van der Waals surface area contributed by atoms with Gasteiger partial charge in [-0.2, -0.15) is 0 Å². The Labute approximate surface area is 55.7 Å². The number of guanidine groups is 1. The first-order valence-electron chi connectivity index (χ1n) is 3.06. The minimum atomic E-state index is 0.350. The van der Waals surface area contributed by atoms with Crippen LogP contribution < -0.4 is 5.73 Å². The van der Waals surface area contributed by atoms with Gasteiger partial charge in [0.05, 0.1) is 0 Å². The van der Waals surface area contributed by atoms with Crippen molar-refractivity contribution in [2.24, 2.45) is 15.7 Å². The third kappa shape index (κ3) is 5.00. The molecule has 0 bridgehead atoms. The molecule has 0 spiro atoms. The molecule has 0 aliphatic rings. The molecule has 0 atom stereocenters. The Kier molecular flexibility index (Phi) is 4.78. The smallest absolute Gasteiger partial charge is 0.214 e. The number of aliphatic imine (C=N–C) groups is 2. The van der Waals surface area contributed by atoms with E-state index in [1.165, 1.54) is 0 Å². The van der Waals surface area contributed by atoms with Crippen molar-refractivity contribution in [2.45, 2.75) is 19.8 Å². The topological polar surface area (TPSA) is 50.7 Å². The standard InChI is InChI=1S/C6H13N3/c1-3-4-5-9-6(7)8-2/h5H,3-4H2,1-2H3,(H2,7,8)/b9-5-. The Morgan fingerprint density at radius 1 is 1.67 bits per heavy atom. The van der Waals surface area contributed by atoms with E-state index in [1.807, 2.05) is 0 Å². The highest BCUT2D eigenvalue weighted by Crippen LogP contribution is 1.80. The summed E-state index contributed by atoms with van der Waals surface area (Å²) in [7, 11) is 1.62. The van der Waals surface area contributed by atoms with Gasteiger partial charge in [0.1, 0.15) is 0 Å². The molecular formula is C6H13N3. The molecule has 0 heterocycles. The van der Waals surface area contributed by atoms with Crippen molar-refractivity contribution >= 4 is 12.2 Å². The van der Waals surface area contributed by atoms with E-state index < -0.39 is 0 Å². The molecule has 0 saturated carbocycles. The average Bonchev–Trinajstić information content (AvgIpc) is 1.89. The molecule has 0 amide bonds. The van der Waals surface area contributed by atoms with Crippen LogP contribution in [0, 0.1) is 0 Å². The number of rotatable bonds is 2. The first-order valence-corrected chi connectivity index (χ1v) is 3.06. The zero-order valence-electron chi connectivity index (χ0n) is 5.96. The van der Waals surface area contributed by atoms with Crippen molar-refractivity contribution in [1.29, 1.82) is 0 Å². The van der Waals surface area contributed by atoms with E-state index in [1.54, 1.807) is 13.3 Å². The summed E-state index contributed by atoms with van der Waals surface area (Å²) in [6.07, 6.45) is 3.85. The minimum Gasteiger partial charge on any atom is -0.368 e. The second kappa shape index (κ2) is 5.28. The van der Waals surface area contributed by atoms with Crippen molar-refractivity contribution in [1.82, 2.24) is 0 Å². The Balaban J connectivity index is 3.45. The van der Waals surface area contributed by atoms with Crippen LogP contribution in [0.1, 0.15) is 19.8 Å². The van der Waals surface area contributed by atoms with Crippen molar-refractivity contribution in [3.05, 3.63) is 0 Å². The highest BCUT2D eigenvalue weighted by molar-refractivity contribution is 5.86. The van der Waals surface area contributed by atoms with Gasteiger partial charge in [0.15, 0.2) is 0 Å². The van der Waals surface area contributed by atoms with E-state index in [0.29, 0.717) is 5.96 Å². The minimum absolute atomic E-state index is 0.350. The van der Waals surface area contributed by atoms with Gasteiger partial charge in [-0.25, -0.2) is 4.99 Å².